The molecule has 0 radical (unpaired) electrons. The van der Waals surface area contributed by atoms with Crippen molar-refractivity contribution in [1.82, 2.24) is 4.90 Å². The van der Waals surface area contributed by atoms with Crippen LogP contribution in [-0.4, -0.2) is 35.5 Å². The van der Waals surface area contributed by atoms with Gasteiger partial charge >= 0.3 is 5.97 Å². The summed E-state index contributed by atoms with van der Waals surface area (Å²) in [4.78, 5) is 25.7. The number of amides is 1. The summed E-state index contributed by atoms with van der Waals surface area (Å²) in [5.74, 6) is -0.515. The highest BCUT2D eigenvalue weighted by molar-refractivity contribution is 5.81. The van der Waals surface area contributed by atoms with E-state index >= 15 is 0 Å². The van der Waals surface area contributed by atoms with Crippen LogP contribution in [0, 0.1) is 11.8 Å². The first-order valence-corrected chi connectivity index (χ1v) is 8.15. The maximum absolute atomic E-state index is 12.8. The monoisotopic (exact) mass is 319 g/mol. The molecule has 0 aliphatic heterocycles. The van der Waals surface area contributed by atoms with Crippen LogP contribution in [0.15, 0.2) is 24.3 Å². The number of hydrogen-bond acceptors (Lipinski definition) is 3. The minimum Gasteiger partial charge on any atom is -0.497 e. The third-order valence-electron chi connectivity index (χ3n) is 4.80. The molecule has 0 heterocycles. The predicted molar refractivity (Wildman–Crippen MR) is 87.3 cm³/mol. The lowest BCUT2D eigenvalue weighted by atomic mass is 10.0. The summed E-state index contributed by atoms with van der Waals surface area (Å²) in [6.07, 6.45) is 1.71. The molecule has 1 fully saturated rings. The van der Waals surface area contributed by atoms with Gasteiger partial charge in [-0.05, 0) is 50.8 Å². The summed E-state index contributed by atoms with van der Waals surface area (Å²) in [6, 6.07) is 7.65. The summed E-state index contributed by atoms with van der Waals surface area (Å²) >= 11 is 0. The molecule has 1 aromatic rings. The molecule has 126 valence electrons. The number of rotatable bonds is 6. The van der Waals surface area contributed by atoms with Gasteiger partial charge in [-0.3, -0.25) is 9.59 Å². The van der Waals surface area contributed by atoms with Crippen LogP contribution in [0.3, 0.4) is 0 Å². The molecule has 3 atom stereocenters. The number of hydrogen-bond donors (Lipinski definition) is 1. The summed E-state index contributed by atoms with van der Waals surface area (Å²) in [5, 5.41) is 9.11. The normalized spacial score (nSPS) is 21.7. The van der Waals surface area contributed by atoms with E-state index in [1.165, 1.54) is 0 Å². The molecule has 0 aromatic heterocycles. The van der Waals surface area contributed by atoms with Crippen molar-refractivity contribution in [3.63, 3.8) is 0 Å². The van der Waals surface area contributed by atoms with Gasteiger partial charge in [-0.25, -0.2) is 0 Å². The number of carbonyl (C=O) groups excluding carboxylic acids is 1. The van der Waals surface area contributed by atoms with Gasteiger partial charge in [0.25, 0.3) is 0 Å². The zero-order valence-corrected chi connectivity index (χ0v) is 14.0. The summed E-state index contributed by atoms with van der Waals surface area (Å²) in [7, 11) is 1.62. The molecule has 1 aliphatic carbocycles. The maximum atomic E-state index is 12.8. The number of carboxylic acids is 1. The van der Waals surface area contributed by atoms with E-state index in [9.17, 15) is 9.59 Å². The van der Waals surface area contributed by atoms with E-state index in [0.29, 0.717) is 25.8 Å². The minimum atomic E-state index is -0.788. The third-order valence-corrected chi connectivity index (χ3v) is 4.80. The van der Waals surface area contributed by atoms with E-state index in [2.05, 4.69) is 0 Å². The average Bonchev–Trinajstić information content (AvgIpc) is 3.05. The fraction of sp³-hybridized carbons (Fsp3) is 0.556. The Morgan fingerprint density at radius 2 is 2.04 bits per heavy atom. The van der Waals surface area contributed by atoms with E-state index in [1.807, 2.05) is 43.0 Å². The summed E-state index contributed by atoms with van der Waals surface area (Å²) in [6.45, 7) is 4.56. The summed E-state index contributed by atoms with van der Waals surface area (Å²) < 4.78 is 5.25. The van der Waals surface area contributed by atoms with Gasteiger partial charge in [0.05, 0.1) is 19.1 Å². The number of ether oxygens (including phenoxy) is 1. The Morgan fingerprint density at radius 1 is 1.35 bits per heavy atom. The molecule has 0 bridgehead atoms. The van der Waals surface area contributed by atoms with E-state index in [1.54, 1.807) is 7.11 Å². The molecule has 2 rings (SSSR count). The van der Waals surface area contributed by atoms with Crippen LogP contribution in [0.25, 0.3) is 0 Å². The smallest absolute Gasteiger partial charge is 0.306 e. The zero-order chi connectivity index (χ0) is 17.0. The van der Waals surface area contributed by atoms with Gasteiger partial charge in [0, 0.05) is 12.5 Å². The van der Waals surface area contributed by atoms with Gasteiger partial charge in [-0.2, -0.15) is 0 Å². The van der Waals surface area contributed by atoms with Gasteiger partial charge < -0.3 is 14.7 Å². The maximum Gasteiger partial charge on any atom is 0.306 e. The lowest BCUT2D eigenvalue weighted by molar-refractivity contribution is -0.142. The first-order chi connectivity index (χ1) is 11.0. The molecule has 1 unspecified atom stereocenters. The standard InChI is InChI=1S/C18H25NO4/c1-4-19(12(2)13-6-5-7-16(11-13)23-3)17(20)14-8-9-15(10-14)18(21)22/h5-7,11-12,14-15H,4,8-10H2,1-3H3,(H,21,22)/t12?,14-,15+/m1/s1. The van der Waals surface area contributed by atoms with Crippen LogP contribution in [0.1, 0.15) is 44.7 Å². The molecule has 0 saturated heterocycles. The van der Waals surface area contributed by atoms with E-state index in [-0.39, 0.29) is 23.8 Å². The molecule has 1 aliphatic rings. The van der Waals surface area contributed by atoms with Crippen molar-refractivity contribution < 1.29 is 19.4 Å². The molecular formula is C18H25NO4. The predicted octanol–water partition coefficient (Wildman–Crippen LogP) is 3.11. The Hall–Kier alpha value is -2.04. The Balaban J connectivity index is 2.12. The third kappa shape index (κ3) is 3.84. The Morgan fingerprint density at radius 3 is 2.61 bits per heavy atom. The first kappa shape index (κ1) is 17.3. The highest BCUT2D eigenvalue weighted by atomic mass is 16.5. The average molecular weight is 319 g/mol. The number of nitrogens with zero attached hydrogens (tertiary/aromatic N) is 1. The molecule has 23 heavy (non-hydrogen) atoms. The van der Waals surface area contributed by atoms with E-state index < -0.39 is 5.97 Å². The van der Waals surface area contributed by atoms with Crippen molar-refractivity contribution in [2.45, 2.75) is 39.2 Å². The molecule has 0 spiro atoms. The lowest BCUT2D eigenvalue weighted by Crippen LogP contribution is -2.37. The van der Waals surface area contributed by atoms with Gasteiger partial charge in [0.15, 0.2) is 0 Å². The Labute approximate surface area is 137 Å². The number of aliphatic carboxylic acids is 1. The van der Waals surface area contributed by atoms with Crippen LogP contribution in [0.5, 0.6) is 5.75 Å². The molecule has 1 aromatic carbocycles. The second-order valence-corrected chi connectivity index (χ2v) is 6.12. The minimum absolute atomic E-state index is 0.0616. The molecule has 5 nitrogen and oxygen atoms in total. The molecular weight excluding hydrogens is 294 g/mol. The first-order valence-electron chi connectivity index (χ1n) is 8.15. The molecule has 1 amide bonds. The van der Waals surface area contributed by atoms with Crippen LogP contribution in [0.4, 0.5) is 0 Å². The number of benzene rings is 1. The quantitative estimate of drug-likeness (QED) is 0.875. The van der Waals surface area contributed by atoms with Crippen molar-refractivity contribution in [1.29, 1.82) is 0 Å². The second-order valence-electron chi connectivity index (χ2n) is 6.12. The van der Waals surface area contributed by atoms with Crippen molar-refractivity contribution in [2.24, 2.45) is 11.8 Å². The lowest BCUT2D eigenvalue weighted by Gasteiger charge is -2.31. The molecule has 5 heteroatoms. The van der Waals surface area contributed by atoms with Crippen LogP contribution >= 0.6 is 0 Å². The van der Waals surface area contributed by atoms with Crippen molar-refractivity contribution >= 4 is 11.9 Å². The van der Waals surface area contributed by atoms with Crippen LogP contribution in [0.2, 0.25) is 0 Å². The highest BCUT2D eigenvalue weighted by Crippen LogP contribution is 2.34. The fourth-order valence-corrected chi connectivity index (χ4v) is 3.37. The Bertz CT molecular complexity index is 572. The van der Waals surface area contributed by atoms with Gasteiger partial charge in [-0.15, -0.1) is 0 Å². The van der Waals surface area contributed by atoms with E-state index in [4.69, 9.17) is 9.84 Å². The topological polar surface area (TPSA) is 66.8 Å². The van der Waals surface area contributed by atoms with Crippen LogP contribution < -0.4 is 4.74 Å². The highest BCUT2D eigenvalue weighted by Gasteiger charge is 2.36. The SMILES string of the molecule is CCN(C(=O)[C@@H]1CC[C@H](C(=O)O)C1)C(C)c1cccc(OC)c1. The summed E-state index contributed by atoms with van der Waals surface area (Å²) in [5.41, 5.74) is 1.02. The largest absolute Gasteiger partial charge is 0.497 e. The molecule has 1 saturated carbocycles. The van der Waals surface area contributed by atoms with Gasteiger partial charge in [-0.1, -0.05) is 12.1 Å². The van der Waals surface area contributed by atoms with Crippen molar-refractivity contribution in [3.8, 4) is 5.75 Å². The van der Waals surface area contributed by atoms with E-state index in [0.717, 1.165) is 11.3 Å². The second kappa shape index (κ2) is 7.49. The van der Waals surface area contributed by atoms with Gasteiger partial charge in [0.2, 0.25) is 5.91 Å². The van der Waals surface area contributed by atoms with Crippen molar-refractivity contribution in [2.75, 3.05) is 13.7 Å². The van der Waals surface area contributed by atoms with Crippen LogP contribution in [-0.2, 0) is 9.59 Å². The zero-order valence-electron chi connectivity index (χ0n) is 14.0. The number of carbonyl (C=O) groups is 2. The fourth-order valence-electron chi connectivity index (χ4n) is 3.37. The van der Waals surface area contributed by atoms with Gasteiger partial charge in [0.1, 0.15) is 5.75 Å². The molecule has 1 N–H and O–H groups in total. The number of carboxylic acid groups (broad SMARTS) is 1. The van der Waals surface area contributed by atoms with Crippen molar-refractivity contribution in [3.05, 3.63) is 29.8 Å². The Kier molecular flexibility index (Phi) is 5.64. The number of methoxy groups -OCH3 is 1.